The normalized spacial score (nSPS) is 18.9. The number of aromatic nitrogens is 1. The van der Waals surface area contributed by atoms with Crippen LogP contribution in [0.4, 0.5) is 5.82 Å². The van der Waals surface area contributed by atoms with E-state index in [1.807, 2.05) is 12.1 Å². The Kier molecular flexibility index (Phi) is 6.55. The molecule has 7 heteroatoms. The minimum Gasteiger partial charge on any atom is -0.454 e. The van der Waals surface area contributed by atoms with Crippen molar-refractivity contribution in [3.63, 3.8) is 0 Å². The lowest BCUT2D eigenvalue weighted by Gasteiger charge is -2.34. The monoisotopic (exact) mass is 428 g/mol. The van der Waals surface area contributed by atoms with Gasteiger partial charge < -0.3 is 29.7 Å². The van der Waals surface area contributed by atoms with Crippen molar-refractivity contribution in [2.45, 2.75) is 33.2 Å². The fourth-order valence-electron chi connectivity index (χ4n) is 4.86. The number of aliphatic hydroxyl groups is 1. The molecule has 1 unspecified atom stereocenters. The molecule has 31 heavy (non-hydrogen) atoms. The number of rotatable bonds is 8. The van der Waals surface area contributed by atoms with Crippen LogP contribution in [-0.2, 0) is 6.54 Å². The van der Waals surface area contributed by atoms with E-state index in [-0.39, 0.29) is 18.8 Å². The van der Waals surface area contributed by atoms with Gasteiger partial charge in [0.25, 0.3) is 0 Å². The molecule has 0 saturated carbocycles. The highest BCUT2D eigenvalue weighted by atomic mass is 16.7. The van der Waals surface area contributed by atoms with Crippen molar-refractivity contribution in [2.75, 3.05) is 58.6 Å². The number of anilines is 1. The van der Waals surface area contributed by atoms with Crippen LogP contribution in [0.3, 0.4) is 0 Å². The van der Waals surface area contributed by atoms with Crippen LogP contribution < -0.4 is 19.7 Å². The van der Waals surface area contributed by atoms with Gasteiger partial charge in [-0.15, -0.1) is 0 Å². The van der Waals surface area contributed by atoms with Crippen LogP contribution >= 0.6 is 0 Å². The average molecular weight is 429 g/mol. The number of hydrogen-bond acceptors (Lipinski definition) is 7. The highest BCUT2D eigenvalue weighted by molar-refractivity contribution is 5.85. The van der Waals surface area contributed by atoms with Gasteiger partial charge in [0.1, 0.15) is 5.82 Å². The van der Waals surface area contributed by atoms with Gasteiger partial charge in [0.05, 0.1) is 5.52 Å². The third kappa shape index (κ3) is 5.22. The quantitative estimate of drug-likeness (QED) is 0.670. The fourth-order valence-corrected chi connectivity index (χ4v) is 4.86. The Bertz CT molecular complexity index is 915. The molecule has 4 rings (SSSR count). The van der Waals surface area contributed by atoms with Gasteiger partial charge in [0.15, 0.2) is 11.5 Å². The topological polar surface area (TPSA) is 70.1 Å². The fraction of sp³-hybridized carbons (Fsp3) is 0.625. The van der Waals surface area contributed by atoms with Gasteiger partial charge in [-0.25, -0.2) is 4.98 Å². The van der Waals surface area contributed by atoms with Gasteiger partial charge in [-0.05, 0) is 50.4 Å². The predicted octanol–water partition coefficient (Wildman–Crippen LogP) is 2.85. The Morgan fingerprint density at radius 3 is 2.74 bits per heavy atom. The zero-order chi connectivity index (χ0) is 22.0. The number of nitrogens with one attached hydrogen (secondary N) is 1. The van der Waals surface area contributed by atoms with Gasteiger partial charge in [0, 0.05) is 56.3 Å². The number of aliphatic hydroxyl groups excluding tert-OH is 1. The first-order valence-corrected chi connectivity index (χ1v) is 11.3. The standard InChI is InChI=1S/C24H36N4O3/c1-24(2,15-27(3)4)14-25-11-19-8-18-9-21-22(31-16-30-21)10-20(18)26-23(19)28-7-5-6-17(12-28)13-29/h8-10,17,25,29H,5-7,11-16H2,1-4H3. The van der Waals surface area contributed by atoms with E-state index >= 15 is 0 Å². The Labute approximate surface area is 185 Å². The van der Waals surface area contributed by atoms with Crippen molar-refractivity contribution < 1.29 is 14.6 Å². The molecule has 1 saturated heterocycles. The Hall–Kier alpha value is -2.09. The van der Waals surface area contributed by atoms with E-state index in [4.69, 9.17) is 14.5 Å². The van der Waals surface area contributed by atoms with E-state index in [9.17, 15) is 5.11 Å². The second kappa shape index (κ2) is 9.18. The second-order valence-electron chi connectivity index (χ2n) is 10.0. The molecule has 0 amide bonds. The molecule has 1 aromatic heterocycles. The first kappa shape index (κ1) is 22.1. The van der Waals surface area contributed by atoms with Crippen LogP contribution in [0.25, 0.3) is 10.9 Å². The van der Waals surface area contributed by atoms with Crippen molar-refractivity contribution in [3.8, 4) is 11.5 Å². The number of nitrogens with zero attached hydrogens (tertiary/aromatic N) is 3. The van der Waals surface area contributed by atoms with Gasteiger partial charge >= 0.3 is 0 Å². The number of ether oxygens (including phenoxy) is 2. The lowest BCUT2D eigenvalue weighted by atomic mass is 9.93. The van der Waals surface area contributed by atoms with Crippen molar-refractivity contribution in [3.05, 3.63) is 23.8 Å². The molecule has 0 spiro atoms. The summed E-state index contributed by atoms with van der Waals surface area (Å²) in [7, 11) is 4.23. The molecule has 0 bridgehead atoms. The average Bonchev–Trinajstić information content (AvgIpc) is 3.17. The molecule has 2 aromatic rings. The van der Waals surface area contributed by atoms with E-state index in [0.29, 0.717) is 5.92 Å². The molecule has 7 nitrogen and oxygen atoms in total. The van der Waals surface area contributed by atoms with Crippen LogP contribution in [0.15, 0.2) is 18.2 Å². The summed E-state index contributed by atoms with van der Waals surface area (Å²) < 4.78 is 11.1. The van der Waals surface area contributed by atoms with Crippen LogP contribution in [0.5, 0.6) is 11.5 Å². The van der Waals surface area contributed by atoms with E-state index in [2.05, 4.69) is 49.1 Å². The third-order valence-corrected chi connectivity index (χ3v) is 6.11. The lowest BCUT2D eigenvalue weighted by molar-refractivity contribution is 0.174. The number of benzene rings is 1. The molecule has 0 aliphatic carbocycles. The Balaban J connectivity index is 1.61. The summed E-state index contributed by atoms with van der Waals surface area (Å²) in [5, 5.41) is 14.4. The zero-order valence-electron chi connectivity index (χ0n) is 19.3. The maximum atomic E-state index is 9.71. The largest absolute Gasteiger partial charge is 0.454 e. The molecule has 1 aromatic carbocycles. The SMILES string of the molecule is CN(C)CC(C)(C)CNCc1cc2cc3c(cc2nc1N1CCCC(CO)C1)OCO3. The van der Waals surface area contributed by atoms with Crippen molar-refractivity contribution in [1.82, 2.24) is 15.2 Å². The predicted molar refractivity (Wildman–Crippen MR) is 124 cm³/mol. The highest BCUT2D eigenvalue weighted by Crippen LogP contribution is 2.37. The molecular formula is C24H36N4O3. The summed E-state index contributed by atoms with van der Waals surface area (Å²) in [6.07, 6.45) is 2.15. The van der Waals surface area contributed by atoms with Crippen LogP contribution in [0.1, 0.15) is 32.3 Å². The third-order valence-electron chi connectivity index (χ3n) is 6.11. The maximum Gasteiger partial charge on any atom is 0.231 e. The minimum absolute atomic E-state index is 0.174. The molecule has 2 aliphatic heterocycles. The van der Waals surface area contributed by atoms with Gasteiger partial charge in [0.2, 0.25) is 6.79 Å². The van der Waals surface area contributed by atoms with Gasteiger partial charge in [-0.2, -0.15) is 0 Å². The summed E-state index contributed by atoms with van der Waals surface area (Å²) in [5.41, 5.74) is 2.28. The molecule has 2 aliphatic rings. The maximum absolute atomic E-state index is 9.71. The summed E-state index contributed by atoms with van der Waals surface area (Å²) >= 11 is 0. The molecule has 0 radical (unpaired) electrons. The van der Waals surface area contributed by atoms with Crippen LogP contribution in [0, 0.1) is 11.3 Å². The van der Waals surface area contributed by atoms with Crippen molar-refractivity contribution in [2.24, 2.45) is 11.3 Å². The number of fused-ring (bicyclic) bond motifs is 2. The van der Waals surface area contributed by atoms with E-state index in [0.717, 1.165) is 73.8 Å². The molecule has 1 fully saturated rings. The highest BCUT2D eigenvalue weighted by Gasteiger charge is 2.25. The van der Waals surface area contributed by atoms with E-state index in [1.165, 1.54) is 5.56 Å². The number of hydrogen-bond donors (Lipinski definition) is 2. The zero-order valence-corrected chi connectivity index (χ0v) is 19.3. The van der Waals surface area contributed by atoms with Crippen LogP contribution in [-0.4, -0.2) is 68.7 Å². The smallest absolute Gasteiger partial charge is 0.231 e. The number of piperidine rings is 1. The first-order valence-electron chi connectivity index (χ1n) is 11.3. The van der Waals surface area contributed by atoms with E-state index in [1.54, 1.807) is 0 Å². The molecular weight excluding hydrogens is 392 g/mol. The van der Waals surface area contributed by atoms with Crippen LogP contribution in [0.2, 0.25) is 0 Å². The molecule has 1 atom stereocenters. The van der Waals surface area contributed by atoms with Gasteiger partial charge in [-0.1, -0.05) is 13.8 Å². The lowest BCUT2D eigenvalue weighted by Crippen LogP contribution is -2.39. The Morgan fingerprint density at radius 1 is 1.23 bits per heavy atom. The molecule has 3 heterocycles. The summed E-state index contributed by atoms with van der Waals surface area (Å²) in [5.74, 6) is 2.87. The van der Waals surface area contributed by atoms with Crippen molar-refractivity contribution in [1.29, 1.82) is 0 Å². The van der Waals surface area contributed by atoms with E-state index < -0.39 is 0 Å². The summed E-state index contributed by atoms with van der Waals surface area (Å²) in [6, 6.07) is 6.24. The molecule has 170 valence electrons. The number of pyridine rings is 1. The first-order chi connectivity index (χ1) is 14.8. The minimum atomic E-state index is 0.174. The second-order valence-corrected chi connectivity index (χ2v) is 10.0. The Morgan fingerprint density at radius 2 is 2.00 bits per heavy atom. The van der Waals surface area contributed by atoms with Gasteiger partial charge in [-0.3, -0.25) is 0 Å². The molecule has 2 N–H and O–H groups in total. The van der Waals surface area contributed by atoms with Crippen molar-refractivity contribution >= 4 is 16.7 Å². The summed E-state index contributed by atoms with van der Waals surface area (Å²) in [4.78, 5) is 9.64. The summed E-state index contributed by atoms with van der Waals surface area (Å²) in [6.45, 7) is 9.58.